The zero-order valence-electron chi connectivity index (χ0n) is 10.3. The second-order valence-electron chi connectivity index (χ2n) is 4.09. The second kappa shape index (κ2) is 5.22. The maximum absolute atomic E-state index is 11.0. The highest BCUT2D eigenvalue weighted by molar-refractivity contribution is 7.12. The third-order valence-corrected chi connectivity index (χ3v) is 3.68. The Bertz CT molecular complexity index is 736. The summed E-state index contributed by atoms with van der Waals surface area (Å²) >= 11 is 1.19. The van der Waals surface area contributed by atoms with E-state index in [2.05, 4.69) is 15.4 Å². The fourth-order valence-corrected chi connectivity index (χ4v) is 2.57. The Morgan fingerprint density at radius 2 is 2.05 bits per heavy atom. The molecule has 3 rings (SSSR count). The number of hydrogen-bond donors (Lipinski definition) is 1. The van der Waals surface area contributed by atoms with Crippen LogP contribution in [-0.4, -0.2) is 31.3 Å². The molecule has 0 fully saturated rings. The number of hydrogen-bond acceptors (Lipinski definition) is 5. The lowest BCUT2D eigenvalue weighted by Crippen LogP contribution is -2.07. The van der Waals surface area contributed by atoms with Gasteiger partial charge in [0.15, 0.2) is 0 Å². The minimum absolute atomic E-state index is 0.297. The summed E-state index contributed by atoms with van der Waals surface area (Å²) in [5.41, 5.74) is 1.56. The van der Waals surface area contributed by atoms with Crippen LogP contribution in [0.2, 0.25) is 0 Å². The number of aromatic nitrogens is 4. The molecule has 0 atom stereocenters. The maximum atomic E-state index is 11.0. The van der Waals surface area contributed by atoms with Crippen LogP contribution in [0.15, 0.2) is 41.8 Å². The number of aromatic carboxylic acids is 1. The molecule has 2 aromatic heterocycles. The van der Waals surface area contributed by atoms with Crippen molar-refractivity contribution in [1.82, 2.24) is 20.2 Å². The molecule has 0 aliphatic carbocycles. The lowest BCUT2D eigenvalue weighted by molar-refractivity contribution is 0.0701. The van der Waals surface area contributed by atoms with Gasteiger partial charge in [-0.25, -0.2) is 4.79 Å². The Morgan fingerprint density at radius 1 is 1.25 bits per heavy atom. The fourth-order valence-electron chi connectivity index (χ4n) is 1.81. The van der Waals surface area contributed by atoms with E-state index < -0.39 is 5.97 Å². The average molecular weight is 286 g/mol. The second-order valence-corrected chi connectivity index (χ2v) is 5.01. The van der Waals surface area contributed by atoms with Crippen molar-refractivity contribution in [3.63, 3.8) is 0 Å². The minimum atomic E-state index is -0.932. The van der Waals surface area contributed by atoms with E-state index in [0.29, 0.717) is 22.8 Å². The van der Waals surface area contributed by atoms with E-state index in [1.165, 1.54) is 16.1 Å². The Hall–Kier alpha value is -2.54. The largest absolute Gasteiger partial charge is 0.477 e. The van der Waals surface area contributed by atoms with E-state index in [9.17, 15) is 4.79 Å². The Kier molecular flexibility index (Phi) is 3.26. The summed E-state index contributed by atoms with van der Waals surface area (Å²) < 4.78 is 0. The Morgan fingerprint density at radius 3 is 2.80 bits per heavy atom. The maximum Gasteiger partial charge on any atom is 0.346 e. The van der Waals surface area contributed by atoms with Crippen LogP contribution in [0.1, 0.15) is 15.2 Å². The summed E-state index contributed by atoms with van der Waals surface area (Å²) in [7, 11) is 0. The first-order valence-electron chi connectivity index (χ1n) is 5.87. The number of thiophene rings is 1. The van der Waals surface area contributed by atoms with Gasteiger partial charge >= 0.3 is 5.97 Å². The Balaban J connectivity index is 1.84. The molecule has 0 amide bonds. The van der Waals surface area contributed by atoms with E-state index in [0.717, 1.165) is 5.56 Å². The van der Waals surface area contributed by atoms with Crippen molar-refractivity contribution in [3.05, 3.63) is 52.2 Å². The molecular formula is C13H10N4O2S. The first-order chi connectivity index (χ1) is 9.74. The molecule has 3 aromatic rings. The number of rotatable bonds is 4. The molecule has 2 heterocycles. The van der Waals surface area contributed by atoms with Crippen LogP contribution in [0, 0.1) is 0 Å². The molecule has 1 N–H and O–H groups in total. The molecule has 0 unspecified atom stereocenters. The standard InChI is InChI=1S/C13H10N4O2S/c18-13(19)11-10(6-7-20-11)8-17-15-12(14-16-17)9-4-2-1-3-5-9/h1-7H,8H2,(H,18,19). The van der Waals surface area contributed by atoms with Crippen LogP contribution in [0.5, 0.6) is 0 Å². The third-order valence-electron chi connectivity index (χ3n) is 2.74. The van der Waals surface area contributed by atoms with Gasteiger partial charge in [0.1, 0.15) is 4.88 Å². The van der Waals surface area contributed by atoms with E-state index in [-0.39, 0.29) is 0 Å². The zero-order chi connectivity index (χ0) is 13.9. The summed E-state index contributed by atoms with van der Waals surface area (Å²) in [6.45, 7) is 0.297. The van der Waals surface area contributed by atoms with Crippen LogP contribution in [0.25, 0.3) is 11.4 Å². The highest BCUT2D eigenvalue weighted by Gasteiger charge is 2.13. The molecule has 0 radical (unpaired) electrons. The summed E-state index contributed by atoms with van der Waals surface area (Å²) in [6.07, 6.45) is 0. The molecule has 0 saturated heterocycles. The van der Waals surface area contributed by atoms with Gasteiger partial charge in [0.2, 0.25) is 5.82 Å². The highest BCUT2D eigenvalue weighted by Crippen LogP contribution is 2.18. The monoisotopic (exact) mass is 286 g/mol. The van der Waals surface area contributed by atoms with Crippen molar-refractivity contribution < 1.29 is 9.90 Å². The van der Waals surface area contributed by atoms with Gasteiger partial charge in [-0.05, 0) is 16.7 Å². The number of carbonyl (C=O) groups is 1. The van der Waals surface area contributed by atoms with Crippen molar-refractivity contribution in [3.8, 4) is 11.4 Å². The molecular weight excluding hydrogens is 276 g/mol. The zero-order valence-corrected chi connectivity index (χ0v) is 11.1. The van der Waals surface area contributed by atoms with Gasteiger partial charge in [-0.2, -0.15) is 4.80 Å². The topological polar surface area (TPSA) is 80.9 Å². The Labute approximate surface area is 118 Å². The molecule has 1 aromatic carbocycles. The quantitative estimate of drug-likeness (QED) is 0.794. The summed E-state index contributed by atoms with van der Waals surface area (Å²) in [4.78, 5) is 12.8. The smallest absolute Gasteiger partial charge is 0.346 e. The number of carboxylic acid groups (broad SMARTS) is 1. The average Bonchev–Trinajstić information content (AvgIpc) is 3.09. The van der Waals surface area contributed by atoms with Gasteiger partial charge in [0.25, 0.3) is 0 Å². The van der Waals surface area contributed by atoms with Crippen LogP contribution < -0.4 is 0 Å². The lowest BCUT2D eigenvalue weighted by atomic mass is 10.2. The number of tetrazole rings is 1. The van der Waals surface area contributed by atoms with E-state index >= 15 is 0 Å². The molecule has 0 aliphatic heterocycles. The van der Waals surface area contributed by atoms with Gasteiger partial charge in [0, 0.05) is 11.1 Å². The first kappa shape index (κ1) is 12.5. The third kappa shape index (κ3) is 2.43. The van der Waals surface area contributed by atoms with E-state index in [4.69, 9.17) is 5.11 Å². The number of nitrogens with zero attached hydrogens (tertiary/aromatic N) is 4. The molecule has 0 bridgehead atoms. The normalized spacial score (nSPS) is 10.6. The van der Waals surface area contributed by atoms with E-state index in [1.54, 1.807) is 11.4 Å². The number of benzene rings is 1. The minimum Gasteiger partial charge on any atom is -0.477 e. The van der Waals surface area contributed by atoms with Gasteiger partial charge < -0.3 is 5.11 Å². The molecule has 0 saturated carbocycles. The van der Waals surface area contributed by atoms with Crippen molar-refractivity contribution in [2.24, 2.45) is 0 Å². The highest BCUT2D eigenvalue weighted by atomic mass is 32.1. The van der Waals surface area contributed by atoms with Gasteiger partial charge in [-0.1, -0.05) is 30.3 Å². The number of carboxylic acids is 1. The molecule has 7 heteroatoms. The lowest BCUT2D eigenvalue weighted by Gasteiger charge is -1.98. The van der Waals surface area contributed by atoms with Crippen molar-refractivity contribution in [2.45, 2.75) is 6.54 Å². The molecule has 0 aliphatic rings. The molecule has 0 spiro atoms. The first-order valence-corrected chi connectivity index (χ1v) is 6.75. The van der Waals surface area contributed by atoms with Crippen LogP contribution >= 0.6 is 11.3 Å². The predicted molar refractivity (Wildman–Crippen MR) is 73.6 cm³/mol. The molecule has 20 heavy (non-hydrogen) atoms. The molecule has 6 nitrogen and oxygen atoms in total. The van der Waals surface area contributed by atoms with Gasteiger partial charge in [-0.3, -0.25) is 0 Å². The SMILES string of the molecule is O=C(O)c1sccc1Cn1nnc(-c2ccccc2)n1. The molecule has 100 valence electrons. The van der Waals surface area contributed by atoms with Crippen molar-refractivity contribution in [1.29, 1.82) is 0 Å². The van der Waals surface area contributed by atoms with Crippen LogP contribution in [0.4, 0.5) is 0 Å². The van der Waals surface area contributed by atoms with Crippen molar-refractivity contribution >= 4 is 17.3 Å². The van der Waals surface area contributed by atoms with Crippen molar-refractivity contribution in [2.75, 3.05) is 0 Å². The van der Waals surface area contributed by atoms with E-state index in [1.807, 2.05) is 30.3 Å². The summed E-state index contributed by atoms with van der Waals surface area (Å²) in [6, 6.07) is 11.3. The predicted octanol–water partition coefficient (Wildman–Crippen LogP) is 2.15. The van der Waals surface area contributed by atoms with Crippen LogP contribution in [0.3, 0.4) is 0 Å². The van der Waals surface area contributed by atoms with Gasteiger partial charge in [-0.15, -0.1) is 21.5 Å². The fraction of sp³-hybridized carbons (Fsp3) is 0.0769. The summed E-state index contributed by atoms with van der Waals surface area (Å²) in [5, 5.41) is 23.0. The summed E-state index contributed by atoms with van der Waals surface area (Å²) in [5.74, 6) is -0.406. The van der Waals surface area contributed by atoms with Gasteiger partial charge in [0.05, 0.1) is 6.54 Å². The van der Waals surface area contributed by atoms with Crippen LogP contribution in [-0.2, 0) is 6.54 Å².